The first-order valence-electron chi connectivity index (χ1n) is 7.01. The van der Waals surface area contributed by atoms with Crippen LogP contribution in [-0.4, -0.2) is 19.9 Å². The number of piperidine rings is 1. The smallest absolute Gasteiger partial charge is 0.231 e. The molecule has 0 radical (unpaired) electrons. The van der Waals surface area contributed by atoms with Gasteiger partial charge in [0.2, 0.25) is 6.79 Å². The first kappa shape index (κ1) is 12.7. The molecule has 2 aliphatic rings. The average Bonchev–Trinajstić information content (AvgIpc) is 2.88. The molecular formula is C15H20FNO2. The van der Waals surface area contributed by atoms with Gasteiger partial charge < -0.3 is 14.8 Å². The van der Waals surface area contributed by atoms with E-state index in [4.69, 9.17) is 9.47 Å². The third-order valence-corrected chi connectivity index (χ3v) is 3.94. The Kier molecular flexibility index (Phi) is 3.60. The van der Waals surface area contributed by atoms with Crippen LogP contribution >= 0.6 is 0 Å². The lowest BCUT2D eigenvalue weighted by Crippen LogP contribution is -2.30. The number of ether oxygens (including phenoxy) is 2. The van der Waals surface area contributed by atoms with E-state index in [1.54, 1.807) is 13.0 Å². The Morgan fingerprint density at radius 1 is 1.42 bits per heavy atom. The van der Waals surface area contributed by atoms with Crippen LogP contribution in [-0.2, 0) is 6.42 Å². The van der Waals surface area contributed by atoms with Crippen LogP contribution in [0.3, 0.4) is 0 Å². The summed E-state index contributed by atoms with van der Waals surface area (Å²) in [6.45, 7) is 3.94. The predicted molar refractivity (Wildman–Crippen MR) is 71.4 cm³/mol. The van der Waals surface area contributed by atoms with E-state index < -0.39 is 6.17 Å². The van der Waals surface area contributed by atoms with E-state index in [9.17, 15) is 4.39 Å². The van der Waals surface area contributed by atoms with Gasteiger partial charge >= 0.3 is 0 Å². The van der Waals surface area contributed by atoms with Crippen LogP contribution in [0.4, 0.5) is 4.39 Å². The van der Waals surface area contributed by atoms with Crippen molar-refractivity contribution in [2.24, 2.45) is 5.92 Å². The largest absolute Gasteiger partial charge is 0.454 e. The molecule has 1 saturated heterocycles. The molecule has 2 heterocycles. The molecule has 0 spiro atoms. The monoisotopic (exact) mass is 265 g/mol. The van der Waals surface area contributed by atoms with Gasteiger partial charge in [-0.1, -0.05) is 0 Å². The third-order valence-electron chi connectivity index (χ3n) is 3.94. The average molecular weight is 265 g/mol. The zero-order valence-electron chi connectivity index (χ0n) is 11.2. The van der Waals surface area contributed by atoms with Crippen molar-refractivity contribution in [2.75, 3.05) is 19.9 Å². The van der Waals surface area contributed by atoms with Crippen molar-refractivity contribution in [3.05, 3.63) is 23.3 Å². The highest BCUT2D eigenvalue weighted by atomic mass is 19.1. The molecule has 1 N–H and O–H groups in total. The number of fused-ring (bicyclic) bond motifs is 1. The Morgan fingerprint density at radius 3 is 3.05 bits per heavy atom. The number of nitrogens with one attached hydrogen (secondary N) is 1. The summed E-state index contributed by atoms with van der Waals surface area (Å²) in [6.07, 6.45) is 2.39. The van der Waals surface area contributed by atoms with Gasteiger partial charge in [0.25, 0.3) is 0 Å². The Balaban J connectivity index is 1.86. The maximum absolute atomic E-state index is 13.6. The van der Waals surface area contributed by atoms with E-state index in [1.807, 2.05) is 6.07 Å². The highest BCUT2D eigenvalue weighted by Crippen LogP contribution is 2.40. The SMILES string of the molecule is CC(F)c1cc(CC2CCCNC2)c2c(c1)OCO2. The van der Waals surface area contributed by atoms with Gasteiger partial charge in [-0.05, 0) is 68.5 Å². The van der Waals surface area contributed by atoms with E-state index >= 15 is 0 Å². The number of hydrogen-bond acceptors (Lipinski definition) is 3. The quantitative estimate of drug-likeness (QED) is 0.911. The molecule has 3 rings (SSSR count). The van der Waals surface area contributed by atoms with Gasteiger partial charge in [-0.2, -0.15) is 0 Å². The standard InChI is InChI=1S/C15H20FNO2/c1-10(16)12-6-13(5-11-3-2-4-17-8-11)15-14(7-12)18-9-19-15/h6-7,10-11,17H,2-5,8-9H2,1H3. The number of rotatable bonds is 3. The van der Waals surface area contributed by atoms with Crippen LogP contribution < -0.4 is 14.8 Å². The van der Waals surface area contributed by atoms with Crippen molar-refractivity contribution in [1.29, 1.82) is 0 Å². The fraction of sp³-hybridized carbons (Fsp3) is 0.600. The van der Waals surface area contributed by atoms with E-state index in [-0.39, 0.29) is 6.79 Å². The minimum atomic E-state index is -0.974. The van der Waals surface area contributed by atoms with Gasteiger partial charge in [0.05, 0.1) is 0 Å². The summed E-state index contributed by atoms with van der Waals surface area (Å²) in [7, 11) is 0. The Morgan fingerprint density at radius 2 is 2.32 bits per heavy atom. The summed E-state index contributed by atoms with van der Waals surface area (Å²) in [4.78, 5) is 0. The van der Waals surface area contributed by atoms with Crippen LogP contribution in [0.15, 0.2) is 12.1 Å². The third kappa shape index (κ3) is 2.68. The first-order valence-corrected chi connectivity index (χ1v) is 7.01. The zero-order chi connectivity index (χ0) is 13.2. The lowest BCUT2D eigenvalue weighted by atomic mass is 9.90. The number of hydrogen-bond donors (Lipinski definition) is 1. The normalized spacial score (nSPS) is 23.4. The first-order chi connectivity index (χ1) is 9.24. The van der Waals surface area contributed by atoms with Gasteiger partial charge in [-0.3, -0.25) is 0 Å². The lowest BCUT2D eigenvalue weighted by molar-refractivity contribution is 0.173. The predicted octanol–water partition coefficient (Wildman–Crippen LogP) is 2.99. The second kappa shape index (κ2) is 5.37. The fourth-order valence-corrected chi connectivity index (χ4v) is 2.90. The molecule has 0 bridgehead atoms. The topological polar surface area (TPSA) is 30.5 Å². The molecule has 2 atom stereocenters. The molecule has 1 aromatic carbocycles. The summed E-state index contributed by atoms with van der Waals surface area (Å²) in [6, 6.07) is 3.70. The molecule has 0 aromatic heterocycles. The molecule has 3 nitrogen and oxygen atoms in total. The van der Waals surface area contributed by atoms with Gasteiger partial charge in [0.1, 0.15) is 6.17 Å². The maximum atomic E-state index is 13.6. The molecule has 4 heteroatoms. The second-order valence-electron chi connectivity index (χ2n) is 5.45. The fourth-order valence-electron chi connectivity index (χ4n) is 2.90. The summed E-state index contributed by atoms with van der Waals surface area (Å²) in [5, 5.41) is 3.41. The molecule has 2 aliphatic heterocycles. The Hall–Kier alpha value is -1.29. The van der Waals surface area contributed by atoms with Crippen molar-refractivity contribution in [3.63, 3.8) is 0 Å². The molecule has 0 aliphatic carbocycles. The van der Waals surface area contributed by atoms with E-state index in [0.717, 1.165) is 30.8 Å². The molecule has 1 fully saturated rings. The molecule has 0 saturated carbocycles. The Bertz CT molecular complexity index is 456. The van der Waals surface area contributed by atoms with E-state index in [0.29, 0.717) is 17.2 Å². The molecule has 2 unspecified atom stereocenters. The van der Waals surface area contributed by atoms with Crippen LogP contribution in [0.25, 0.3) is 0 Å². The van der Waals surface area contributed by atoms with Crippen molar-refractivity contribution in [1.82, 2.24) is 5.32 Å². The molecule has 19 heavy (non-hydrogen) atoms. The Labute approximate surface area is 113 Å². The van der Waals surface area contributed by atoms with E-state index in [1.165, 1.54) is 12.8 Å². The van der Waals surface area contributed by atoms with Crippen LogP contribution in [0, 0.1) is 5.92 Å². The van der Waals surface area contributed by atoms with Crippen molar-refractivity contribution < 1.29 is 13.9 Å². The summed E-state index contributed by atoms with van der Waals surface area (Å²) in [5.41, 5.74) is 1.77. The van der Waals surface area contributed by atoms with Crippen LogP contribution in [0.5, 0.6) is 11.5 Å². The summed E-state index contributed by atoms with van der Waals surface area (Å²) < 4.78 is 24.5. The summed E-state index contributed by atoms with van der Waals surface area (Å²) >= 11 is 0. The molecule has 0 amide bonds. The van der Waals surface area contributed by atoms with Gasteiger partial charge in [0, 0.05) is 0 Å². The zero-order valence-corrected chi connectivity index (χ0v) is 11.2. The van der Waals surface area contributed by atoms with Crippen molar-refractivity contribution in [2.45, 2.75) is 32.4 Å². The second-order valence-corrected chi connectivity index (χ2v) is 5.45. The summed E-state index contributed by atoms with van der Waals surface area (Å²) in [5.74, 6) is 2.11. The van der Waals surface area contributed by atoms with E-state index in [2.05, 4.69) is 5.32 Å². The molecular weight excluding hydrogens is 245 g/mol. The van der Waals surface area contributed by atoms with Crippen molar-refractivity contribution in [3.8, 4) is 11.5 Å². The minimum Gasteiger partial charge on any atom is -0.454 e. The number of halogens is 1. The van der Waals surface area contributed by atoms with Gasteiger partial charge in [0.15, 0.2) is 11.5 Å². The van der Waals surface area contributed by atoms with Crippen LogP contribution in [0.1, 0.15) is 37.1 Å². The lowest BCUT2D eigenvalue weighted by Gasteiger charge is -2.23. The molecule has 1 aromatic rings. The number of benzene rings is 1. The number of alkyl halides is 1. The van der Waals surface area contributed by atoms with Gasteiger partial charge in [-0.25, -0.2) is 4.39 Å². The van der Waals surface area contributed by atoms with Crippen molar-refractivity contribution >= 4 is 0 Å². The highest BCUT2D eigenvalue weighted by molar-refractivity contribution is 5.51. The molecule has 104 valence electrons. The van der Waals surface area contributed by atoms with Gasteiger partial charge in [-0.15, -0.1) is 0 Å². The van der Waals surface area contributed by atoms with Crippen LogP contribution in [0.2, 0.25) is 0 Å². The maximum Gasteiger partial charge on any atom is 0.231 e. The highest BCUT2D eigenvalue weighted by Gasteiger charge is 2.23. The minimum absolute atomic E-state index is 0.245.